The molecule has 3 unspecified atom stereocenters. The molecule has 1 saturated heterocycles. The second kappa shape index (κ2) is 10.3. The van der Waals surface area contributed by atoms with Gasteiger partial charge in [-0.3, -0.25) is 14.5 Å². The smallest absolute Gasteiger partial charge is 0.331 e. The van der Waals surface area contributed by atoms with Crippen LogP contribution in [0.5, 0.6) is 0 Å². The summed E-state index contributed by atoms with van der Waals surface area (Å²) in [7, 11) is 3.57. The lowest BCUT2D eigenvalue weighted by Crippen LogP contribution is -2.56. The van der Waals surface area contributed by atoms with Gasteiger partial charge in [-0.2, -0.15) is 0 Å². The first-order chi connectivity index (χ1) is 12.2. The Morgan fingerprint density at radius 1 is 1.35 bits per heavy atom. The van der Waals surface area contributed by atoms with Gasteiger partial charge in [-0.05, 0) is 39.3 Å². The molecule has 26 heavy (non-hydrogen) atoms. The van der Waals surface area contributed by atoms with E-state index in [1.54, 1.807) is 7.05 Å². The zero-order valence-corrected chi connectivity index (χ0v) is 16.6. The van der Waals surface area contributed by atoms with Crippen LogP contribution in [0.25, 0.3) is 0 Å². The molecule has 7 nitrogen and oxygen atoms in total. The fourth-order valence-electron chi connectivity index (χ4n) is 3.03. The Morgan fingerprint density at radius 3 is 2.54 bits per heavy atom. The maximum Gasteiger partial charge on any atom is 0.331 e. The number of likely N-dealkylation sites (N-methyl/N-ethyl adjacent to an activating group) is 2. The number of nitrogens with zero attached hydrogens (tertiary/aromatic N) is 2. The number of amides is 2. The number of piperidine rings is 1. The number of likely N-dealkylation sites (tertiary alicyclic amines) is 1. The van der Waals surface area contributed by atoms with Crippen LogP contribution in [0.4, 0.5) is 0 Å². The van der Waals surface area contributed by atoms with Gasteiger partial charge < -0.3 is 15.3 Å². The van der Waals surface area contributed by atoms with Gasteiger partial charge in [-0.1, -0.05) is 32.8 Å². The van der Waals surface area contributed by atoms with Crippen molar-refractivity contribution in [3.8, 4) is 0 Å². The molecule has 0 bridgehead atoms. The number of aliphatic carboxylic acids is 1. The van der Waals surface area contributed by atoms with Crippen LogP contribution in [-0.2, 0) is 14.4 Å². The van der Waals surface area contributed by atoms with Crippen molar-refractivity contribution in [1.29, 1.82) is 0 Å². The predicted molar refractivity (Wildman–Crippen MR) is 101 cm³/mol. The van der Waals surface area contributed by atoms with Crippen molar-refractivity contribution < 1.29 is 19.5 Å². The van der Waals surface area contributed by atoms with Crippen LogP contribution in [-0.4, -0.2) is 72.0 Å². The molecule has 0 aliphatic carbocycles. The van der Waals surface area contributed by atoms with E-state index in [-0.39, 0.29) is 35.9 Å². The third-order valence-electron chi connectivity index (χ3n) is 5.23. The number of carboxylic acid groups (broad SMARTS) is 1. The zero-order valence-electron chi connectivity index (χ0n) is 16.6. The van der Waals surface area contributed by atoms with Crippen LogP contribution >= 0.6 is 0 Å². The van der Waals surface area contributed by atoms with Gasteiger partial charge in [0.1, 0.15) is 6.04 Å². The van der Waals surface area contributed by atoms with Gasteiger partial charge in [0.2, 0.25) is 11.8 Å². The summed E-state index contributed by atoms with van der Waals surface area (Å²) < 4.78 is 0. The molecular formula is C19H33N3O4. The summed E-state index contributed by atoms with van der Waals surface area (Å²) in [5, 5.41) is 11.9. The van der Waals surface area contributed by atoms with Crippen molar-refractivity contribution in [2.24, 2.45) is 5.92 Å². The van der Waals surface area contributed by atoms with Crippen LogP contribution in [0.3, 0.4) is 0 Å². The number of carbonyl (C=O) groups is 3. The monoisotopic (exact) mass is 367 g/mol. The van der Waals surface area contributed by atoms with Crippen molar-refractivity contribution >= 4 is 17.8 Å². The second-order valence-corrected chi connectivity index (χ2v) is 7.28. The van der Waals surface area contributed by atoms with E-state index in [4.69, 9.17) is 5.11 Å². The van der Waals surface area contributed by atoms with Gasteiger partial charge in [0.15, 0.2) is 0 Å². The van der Waals surface area contributed by atoms with Crippen molar-refractivity contribution in [3.63, 3.8) is 0 Å². The van der Waals surface area contributed by atoms with E-state index in [0.717, 1.165) is 32.2 Å². The van der Waals surface area contributed by atoms with Crippen LogP contribution < -0.4 is 5.32 Å². The van der Waals surface area contributed by atoms with Gasteiger partial charge in [0.05, 0.1) is 6.04 Å². The molecule has 2 amide bonds. The topological polar surface area (TPSA) is 90.0 Å². The predicted octanol–water partition coefficient (Wildman–Crippen LogP) is 1.49. The Hall–Kier alpha value is -1.89. The Balaban J connectivity index is 2.81. The average molecular weight is 367 g/mol. The zero-order chi connectivity index (χ0) is 19.9. The molecule has 1 heterocycles. The Kier molecular flexibility index (Phi) is 8.78. The molecule has 1 rings (SSSR count). The molecule has 0 aromatic rings. The van der Waals surface area contributed by atoms with E-state index in [1.165, 1.54) is 17.9 Å². The highest BCUT2D eigenvalue weighted by Crippen LogP contribution is 2.17. The van der Waals surface area contributed by atoms with E-state index in [2.05, 4.69) is 5.32 Å². The molecule has 2 N–H and O–H groups in total. The minimum Gasteiger partial charge on any atom is -0.478 e. The summed E-state index contributed by atoms with van der Waals surface area (Å²) in [6.45, 7) is 6.51. The highest BCUT2D eigenvalue weighted by atomic mass is 16.4. The molecule has 1 aliphatic rings. The number of carboxylic acids is 1. The third-order valence-corrected chi connectivity index (χ3v) is 5.23. The van der Waals surface area contributed by atoms with Gasteiger partial charge in [-0.15, -0.1) is 0 Å². The first kappa shape index (κ1) is 22.2. The highest BCUT2D eigenvalue weighted by molar-refractivity contribution is 5.90. The molecule has 0 saturated carbocycles. The van der Waals surface area contributed by atoms with Crippen molar-refractivity contribution in [2.45, 2.75) is 58.5 Å². The number of nitrogens with one attached hydrogen (secondary N) is 1. The Bertz CT molecular complexity index is 547. The Morgan fingerprint density at radius 2 is 2.00 bits per heavy atom. The number of hydrogen-bond acceptors (Lipinski definition) is 4. The van der Waals surface area contributed by atoms with Crippen LogP contribution in [0.1, 0.15) is 46.5 Å². The number of rotatable bonds is 8. The van der Waals surface area contributed by atoms with Crippen LogP contribution in [0, 0.1) is 5.92 Å². The van der Waals surface area contributed by atoms with Gasteiger partial charge in [-0.25, -0.2) is 4.79 Å². The molecule has 0 aromatic carbocycles. The summed E-state index contributed by atoms with van der Waals surface area (Å²) in [5.41, 5.74) is 0.192. The lowest BCUT2D eigenvalue weighted by atomic mass is 9.96. The third kappa shape index (κ3) is 6.12. The van der Waals surface area contributed by atoms with Crippen molar-refractivity contribution in [3.05, 3.63) is 11.6 Å². The first-order valence-corrected chi connectivity index (χ1v) is 9.34. The minimum atomic E-state index is -1.00. The largest absolute Gasteiger partial charge is 0.478 e. The molecule has 0 radical (unpaired) electrons. The molecule has 1 aliphatic heterocycles. The maximum absolute atomic E-state index is 12.8. The van der Waals surface area contributed by atoms with Gasteiger partial charge in [0.25, 0.3) is 0 Å². The van der Waals surface area contributed by atoms with E-state index in [9.17, 15) is 14.4 Å². The second-order valence-electron chi connectivity index (χ2n) is 7.28. The number of carbonyl (C=O) groups excluding carboxylic acids is 2. The molecule has 148 valence electrons. The minimum absolute atomic E-state index is 0.00709. The van der Waals surface area contributed by atoms with E-state index in [1.807, 2.05) is 25.8 Å². The molecule has 1 fully saturated rings. The van der Waals surface area contributed by atoms with E-state index >= 15 is 0 Å². The van der Waals surface area contributed by atoms with Crippen molar-refractivity contribution in [2.75, 3.05) is 27.2 Å². The molecule has 0 spiro atoms. The summed E-state index contributed by atoms with van der Waals surface area (Å²) in [4.78, 5) is 40.0. The summed E-state index contributed by atoms with van der Waals surface area (Å²) in [5.74, 6) is -1.30. The normalized spacial score (nSPS) is 21.0. The highest BCUT2D eigenvalue weighted by Gasteiger charge is 2.32. The standard InChI is InChI=1S/C19H33N3O4/c1-6-13(2)16(18(24)22(5)12-10-14(3)19(25)26)20-17(23)15-9-7-8-11-21(15)4/h10,13,15-16H,6-9,11-12H2,1-5H3,(H,20,23)(H,25,26)/b14-10+. The van der Waals surface area contributed by atoms with E-state index in [0.29, 0.717) is 0 Å². The Labute approximate surface area is 156 Å². The quantitative estimate of drug-likeness (QED) is 0.635. The molecule has 3 atom stereocenters. The fraction of sp³-hybridized carbons (Fsp3) is 0.737. The van der Waals surface area contributed by atoms with E-state index < -0.39 is 12.0 Å². The van der Waals surface area contributed by atoms with Crippen molar-refractivity contribution in [1.82, 2.24) is 15.1 Å². The lowest BCUT2D eigenvalue weighted by molar-refractivity contribution is -0.138. The molecule has 0 aromatic heterocycles. The lowest BCUT2D eigenvalue weighted by Gasteiger charge is -2.34. The van der Waals surface area contributed by atoms with Crippen LogP contribution in [0.15, 0.2) is 11.6 Å². The van der Waals surface area contributed by atoms with Gasteiger partial charge >= 0.3 is 5.97 Å². The SMILES string of the molecule is CCC(C)C(NC(=O)C1CCCCN1C)C(=O)N(C)C/C=C(\C)C(=O)O. The summed E-state index contributed by atoms with van der Waals surface area (Å²) >= 11 is 0. The molecule has 7 heteroatoms. The van der Waals surface area contributed by atoms with Gasteiger partial charge in [0, 0.05) is 19.2 Å². The average Bonchev–Trinajstić information content (AvgIpc) is 2.62. The summed E-state index contributed by atoms with van der Waals surface area (Å²) in [6, 6.07) is -0.797. The van der Waals surface area contributed by atoms with Crippen LogP contribution in [0.2, 0.25) is 0 Å². The molecular weight excluding hydrogens is 334 g/mol. The maximum atomic E-state index is 12.8. The summed E-state index contributed by atoms with van der Waals surface area (Å²) in [6.07, 6.45) is 5.18. The fourth-order valence-corrected chi connectivity index (χ4v) is 3.03. The number of hydrogen-bond donors (Lipinski definition) is 2. The first-order valence-electron chi connectivity index (χ1n) is 9.34.